The van der Waals surface area contributed by atoms with Crippen LogP contribution < -0.4 is 5.46 Å². The highest BCUT2D eigenvalue weighted by molar-refractivity contribution is 8.18. The second-order valence-corrected chi connectivity index (χ2v) is 10.2. The van der Waals surface area contributed by atoms with Crippen molar-refractivity contribution < 1.29 is 18.9 Å². The molecule has 0 aliphatic carbocycles. The molecule has 0 spiro atoms. The smallest absolute Gasteiger partial charge is 0.399 e. The summed E-state index contributed by atoms with van der Waals surface area (Å²) < 4.78 is 12.3. The molecule has 0 radical (unpaired) electrons. The molecule has 7 heteroatoms. The Morgan fingerprint density at radius 2 is 1.62 bits per heavy atom. The van der Waals surface area contributed by atoms with Crippen LogP contribution in [0.2, 0.25) is 0 Å². The zero-order valence-electron chi connectivity index (χ0n) is 19.2. The fraction of sp³-hybridized carbons (Fsp3) is 0.360. The van der Waals surface area contributed by atoms with Crippen LogP contribution >= 0.6 is 11.8 Å². The van der Waals surface area contributed by atoms with E-state index in [-0.39, 0.29) is 17.7 Å². The molecule has 0 unspecified atom stereocenters. The highest BCUT2D eigenvalue weighted by Crippen LogP contribution is 2.37. The van der Waals surface area contributed by atoms with Crippen LogP contribution in [-0.4, -0.2) is 34.4 Å². The Morgan fingerprint density at radius 1 is 0.969 bits per heavy atom. The van der Waals surface area contributed by atoms with E-state index in [0.717, 1.165) is 34.8 Å². The van der Waals surface area contributed by atoms with E-state index in [9.17, 15) is 9.59 Å². The number of hydrogen-bond donors (Lipinski definition) is 0. The van der Waals surface area contributed by atoms with E-state index in [1.54, 1.807) is 6.08 Å². The average Bonchev–Trinajstić information content (AvgIpc) is 3.14. The number of carbonyl (C=O) groups is 2. The molecule has 4 rings (SSSR count). The van der Waals surface area contributed by atoms with Crippen molar-refractivity contribution in [1.82, 2.24) is 4.90 Å². The maximum absolute atomic E-state index is 12.9. The average molecular weight is 449 g/mol. The van der Waals surface area contributed by atoms with Crippen molar-refractivity contribution >= 4 is 41.6 Å². The van der Waals surface area contributed by atoms with Crippen LogP contribution in [0, 0.1) is 0 Å². The molecule has 2 aliphatic heterocycles. The lowest BCUT2D eigenvalue weighted by Gasteiger charge is -2.32. The normalized spacial score (nSPS) is 21.1. The Balaban J connectivity index is 1.50. The number of aryl methyl sites for hydroxylation is 1. The molecular weight excluding hydrogens is 421 g/mol. The summed E-state index contributed by atoms with van der Waals surface area (Å²) in [5.74, 6) is -0.263. The van der Waals surface area contributed by atoms with Crippen molar-refractivity contribution in [2.24, 2.45) is 0 Å². The fourth-order valence-corrected chi connectivity index (χ4v) is 4.48. The number of benzene rings is 2. The molecule has 2 aliphatic rings. The van der Waals surface area contributed by atoms with Gasteiger partial charge in [-0.3, -0.25) is 14.5 Å². The van der Waals surface area contributed by atoms with Gasteiger partial charge in [0.2, 0.25) is 0 Å². The van der Waals surface area contributed by atoms with Gasteiger partial charge in [-0.1, -0.05) is 55.5 Å². The number of imide groups is 1. The summed E-state index contributed by atoms with van der Waals surface area (Å²) in [5.41, 5.74) is 3.01. The van der Waals surface area contributed by atoms with Crippen molar-refractivity contribution in [3.8, 4) is 0 Å². The molecule has 2 heterocycles. The first kappa shape index (κ1) is 22.8. The first-order valence-corrected chi connectivity index (χ1v) is 11.7. The van der Waals surface area contributed by atoms with Crippen LogP contribution in [0.4, 0.5) is 4.79 Å². The molecule has 2 saturated heterocycles. The molecule has 0 N–H and O–H groups in total. The van der Waals surface area contributed by atoms with Crippen LogP contribution in [0.15, 0.2) is 53.4 Å². The Labute approximate surface area is 194 Å². The highest BCUT2D eigenvalue weighted by atomic mass is 32.2. The van der Waals surface area contributed by atoms with E-state index in [0.29, 0.717) is 4.91 Å². The van der Waals surface area contributed by atoms with E-state index in [4.69, 9.17) is 9.31 Å². The number of amides is 2. The van der Waals surface area contributed by atoms with Crippen molar-refractivity contribution in [1.29, 1.82) is 0 Å². The Morgan fingerprint density at radius 3 is 2.25 bits per heavy atom. The SMILES string of the molecule is CCc1ccc(C=C2SC(=O)N(Cc3cccc(B4OC(C)(C)C(C)(C)O4)c3)C2=O)cc1. The Bertz CT molecular complexity index is 1060. The minimum absolute atomic E-state index is 0.212. The van der Waals surface area contributed by atoms with Crippen LogP contribution in [-0.2, 0) is 27.1 Å². The van der Waals surface area contributed by atoms with Gasteiger partial charge in [0.25, 0.3) is 11.1 Å². The minimum atomic E-state index is -0.485. The van der Waals surface area contributed by atoms with Gasteiger partial charge in [0, 0.05) is 0 Å². The summed E-state index contributed by atoms with van der Waals surface area (Å²) in [4.78, 5) is 27.2. The largest absolute Gasteiger partial charge is 0.494 e. The summed E-state index contributed by atoms with van der Waals surface area (Å²) in [6, 6.07) is 15.7. The second kappa shape index (κ2) is 8.54. The lowest BCUT2D eigenvalue weighted by molar-refractivity contribution is -0.123. The Kier molecular flexibility index (Phi) is 6.09. The zero-order valence-corrected chi connectivity index (χ0v) is 20.0. The lowest BCUT2D eigenvalue weighted by atomic mass is 9.78. The van der Waals surface area contributed by atoms with Crippen LogP contribution in [0.3, 0.4) is 0 Å². The standard InChI is InChI=1S/C25H28BNO4S/c1-6-17-10-12-18(13-11-17)15-21-22(28)27(23(29)32-21)16-19-8-7-9-20(14-19)26-30-24(2,3)25(4,5)31-26/h7-15H,6,16H2,1-5H3. The quantitative estimate of drug-likeness (QED) is 0.486. The van der Waals surface area contributed by atoms with Gasteiger partial charge < -0.3 is 9.31 Å². The Hall–Kier alpha value is -2.35. The van der Waals surface area contributed by atoms with E-state index < -0.39 is 18.3 Å². The zero-order chi connectivity index (χ0) is 23.1. The van der Waals surface area contributed by atoms with Gasteiger partial charge >= 0.3 is 7.12 Å². The number of hydrogen-bond acceptors (Lipinski definition) is 5. The van der Waals surface area contributed by atoms with Gasteiger partial charge in [0.15, 0.2) is 0 Å². The van der Waals surface area contributed by atoms with Gasteiger partial charge in [-0.15, -0.1) is 0 Å². The molecule has 166 valence electrons. The van der Waals surface area contributed by atoms with E-state index in [1.165, 1.54) is 10.5 Å². The van der Waals surface area contributed by atoms with E-state index >= 15 is 0 Å². The molecule has 2 aromatic carbocycles. The lowest BCUT2D eigenvalue weighted by Crippen LogP contribution is -2.41. The first-order chi connectivity index (χ1) is 15.1. The topological polar surface area (TPSA) is 55.8 Å². The number of nitrogens with zero attached hydrogens (tertiary/aromatic N) is 1. The van der Waals surface area contributed by atoms with E-state index in [1.807, 2.05) is 76.2 Å². The third kappa shape index (κ3) is 4.42. The van der Waals surface area contributed by atoms with Gasteiger partial charge in [-0.2, -0.15) is 0 Å². The molecule has 2 amide bonds. The number of rotatable bonds is 5. The monoisotopic (exact) mass is 449 g/mol. The summed E-state index contributed by atoms with van der Waals surface area (Å²) in [5, 5.41) is -0.257. The maximum Gasteiger partial charge on any atom is 0.494 e. The number of thioether (sulfide) groups is 1. The van der Waals surface area contributed by atoms with Gasteiger partial charge in [0.05, 0.1) is 22.7 Å². The van der Waals surface area contributed by atoms with Crippen LogP contribution in [0.5, 0.6) is 0 Å². The second-order valence-electron chi connectivity index (χ2n) is 9.20. The van der Waals surface area contributed by atoms with Gasteiger partial charge in [-0.25, -0.2) is 0 Å². The molecule has 0 aromatic heterocycles. The first-order valence-electron chi connectivity index (χ1n) is 10.9. The third-order valence-electron chi connectivity index (χ3n) is 6.38. The molecule has 2 aromatic rings. The molecule has 32 heavy (non-hydrogen) atoms. The van der Waals surface area contributed by atoms with Crippen molar-refractivity contribution in [2.45, 2.75) is 58.8 Å². The highest BCUT2D eigenvalue weighted by Gasteiger charge is 2.51. The van der Waals surface area contributed by atoms with Crippen molar-refractivity contribution in [3.63, 3.8) is 0 Å². The van der Waals surface area contributed by atoms with Crippen molar-refractivity contribution in [2.75, 3.05) is 0 Å². The summed E-state index contributed by atoms with van der Waals surface area (Å²) >= 11 is 0.984. The molecule has 2 fully saturated rings. The van der Waals surface area contributed by atoms with E-state index in [2.05, 4.69) is 6.92 Å². The predicted octanol–water partition coefficient (Wildman–Crippen LogP) is 4.78. The van der Waals surface area contributed by atoms with Gasteiger partial charge in [0.1, 0.15) is 0 Å². The number of carbonyl (C=O) groups excluding carboxylic acids is 2. The molecule has 0 atom stereocenters. The summed E-state index contributed by atoms with van der Waals surface area (Å²) in [7, 11) is -0.485. The van der Waals surface area contributed by atoms with Gasteiger partial charge in [-0.05, 0) is 74.1 Å². The maximum atomic E-state index is 12.9. The van der Waals surface area contributed by atoms with Crippen LogP contribution in [0.25, 0.3) is 6.08 Å². The fourth-order valence-electron chi connectivity index (χ4n) is 3.64. The predicted molar refractivity (Wildman–Crippen MR) is 129 cm³/mol. The molecule has 5 nitrogen and oxygen atoms in total. The molecule has 0 bridgehead atoms. The molecule has 0 saturated carbocycles. The summed E-state index contributed by atoms with van der Waals surface area (Å²) in [6.45, 7) is 10.4. The minimum Gasteiger partial charge on any atom is -0.399 e. The van der Waals surface area contributed by atoms with Crippen molar-refractivity contribution in [3.05, 3.63) is 70.1 Å². The van der Waals surface area contributed by atoms with Crippen LogP contribution in [0.1, 0.15) is 51.3 Å². The summed E-state index contributed by atoms with van der Waals surface area (Å²) in [6.07, 6.45) is 2.74. The molecular formula is C25H28BNO4S. The third-order valence-corrected chi connectivity index (χ3v) is 7.28.